The minimum atomic E-state index is -0.836. The topological polar surface area (TPSA) is 78.9 Å². The Bertz CT molecular complexity index is 1560. The molecule has 1 atom stereocenters. The van der Waals surface area contributed by atoms with E-state index in [1.807, 2.05) is 24.3 Å². The van der Waals surface area contributed by atoms with Crippen molar-refractivity contribution in [1.82, 2.24) is 0 Å². The summed E-state index contributed by atoms with van der Waals surface area (Å²) in [5.74, 6) is -1.06. The van der Waals surface area contributed by atoms with Crippen LogP contribution < -0.4 is 0 Å². The third-order valence-electron chi connectivity index (χ3n) is 9.85. The second-order valence-corrected chi connectivity index (χ2v) is 16.0. The number of rotatable bonds is 43. The summed E-state index contributed by atoms with van der Waals surface area (Å²) in [5, 5.41) is 0. The lowest BCUT2D eigenvalue weighted by atomic mass is 10.1. The van der Waals surface area contributed by atoms with E-state index in [1.165, 1.54) is 0 Å². The van der Waals surface area contributed by atoms with Gasteiger partial charge in [0.05, 0.1) is 0 Å². The number of hydrogen-bond acceptors (Lipinski definition) is 6. The van der Waals surface area contributed by atoms with E-state index in [1.54, 1.807) is 0 Å². The van der Waals surface area contributed by atoms with Gasteiger partial charge in [0.25, 0.3) is 0 Å². The van der Waals surface area contributed by atoms with Gasteiger partial charge >= 0.3 is 17.9 Å². The average Bonchev–Trinajstić information content (AvgIpc) is 3.31. The van der Waals surface area contributed by atoms with Crippen LogP contribution in [0.4, 0.5) is 0 Å². The van der Waals surface area contributed by atoms with Crippen molar-refractivity contribution in [2.75, 3.05) is 13.2 Å². The fraction of sp³-hybridized carbons (Fsp3) is 0.517. The molecule has 6 heteroatoms. The number of allylic oxidation sites excluding steroid dienone is 26. The molecule has 66 heavy (non-hydrogen) atoms. The molecule has 6 nitrogen and oxygen atoms in total. The average molecular weight is 907 g/mol. The fourth-order valence-corrected chi connectivity index (χ4v) is 6.12. The van der Waals surface area contributed by atoms with Gasteiger partial charge in [0, 0.05) is 19.3 Å². The molecule has 0 saturated heterocycles. The van der Waals surface area contributed by atoms with Gasteiger partial charge < -0.3 is 14.2 Å². The summed E-state index contributed by atoms with van der Waals surface area (Å²) in [5.41, 5.74) is 0. The molecular formula is C60H90O6. The van der Waals surface area contributed by atoms with Gasteiger partial charge in [-0.05, 0) is 116 Å². The second kappa shape index (κ2) is 52.7. The molecule has 0 saturated carbocycles. The van der Waals surface area contributed by atoms with Crippen molar-refractivity contribution in [2.24, 2.45) is 0 Å². The molecule has 366 valence electrons. The highest BCUT2D eigenvalue weighted by atomic mass is 16.6. The fourth-order valence-electron chi connectivity index (χ4n) is 6.12. The molecule has 0 bridgehead atoms. The summed E-state index contributed by atoms with van der Waals surface area (Å²) in [6.07, 6.45) is 76.6. The van der Waals surface area contributed by atoms with E-state index in [2.05, 4.69) is 154 Å². The van der Waals surface area contributed by atoms with Crippen LogP contribution >= 0.6 is 0 Å². The van der Waals surface area contributed by atoms with Crippen LogP contribution in [-0.2, 0) is 28.6 Å². The molecule has 0 aromatic rings. The van der Waals surface area contributed by atoms with Crippen molar-refractivity contribution >= 4 is 17.9 Å². The third-order valence-corrected chi connectivity index (χ3v) is 9.85. The Morgan fingerprint density at radius 1 is 0.318 bits per heavy atom. The van der Waals surface area contributed by atoms with E-state index in [4.69, 9.17) is 14.2 Å². The largest absolute Gasteiger partial charge is 0.462 e. The van der Waals surface area contributed by atoms with Crippen molar-refractivity contribution in [3.8, 4) is 0 Å². The lowest BCUT2D eigenvalue weighted by Gasteiger charge is -2.18. The van der Waals surface area contributed by atoms with Crippen molar-refractivity contribution in [3.63, 3.8) is 0 Å². The SMILES string of the molecule is CC\C=C/C=C\C=C/C=C\CCCCCCCC(=O)OCC(COC(=O)CCC/C=C\C/C=C\C/C=C\C/C=C\C/C=C\CC)OC(=O)CCCCC/C=C\C/C=C\C/C=C\C/C=C\CC. The lowest BCUT2D eigenvalue weighted by Crippen LogP contribution is -2.30. The van der Waals surface area contributed by atoms with Crippen LogP contribution in [0.1, 0.15) is 181 Å². The first-order valence-electron chi connectivity index (χ1n) is 25.5. The van der Waals surface area contributed by atoms with Crippen LogP contribution in [0.25, 0.3) is 0 Å². The number of ether oxygens (including phenoxy) is 3. The van der Waals surface area contributed by atoms with E-state index < -0.39 is 6.10 Å². The molecule has 0 N–H and O–H groups in total. The molecule has 1 unspecified atom stereocenters. The Morgan fingerprint density at radius 2 is 0.636 bits per heavy atom. The first-order chi connectivity index (χ1) is 32.5. The molecule has 0 aliphatic heterocycles. The quantitative estimate of drug-likeness (QED) is 0.0199. The smallest absolute Gasteiger partial charge is 0.306 e. The second-order valence-electron chi connectivity index (χ2n) is 16.0. The minimum Gasteiger partial charge on any atom is -0.462 e. The zero-order valence-electron chi connectivity index (χ0n) is 41.6. The molecule has 0 aliphatic carbocycles. The zero-order valence-corrected chi connectivity index (χ0v) is 41.6. The normalized spacial score (nSPS) is 13.4. The summed E-state index contributed by atoms with van der Waals surface area (Å²) >= 11 is 0. The standard InChI is InChI=1S/C60H90O6/c1-4-7-10-13-16-19-22-25-28-30-33-35-38-41-44-47-50-53-59(62)65-56-57(55-64-58(61)52-49-46-43-40-37-34-31-27-24-21-18-15-12-9-6-3)66-60(63)54-51-48-45-42-39-36-32-29-26-23-20-17-14-11-8-5-2/h7-12,15-21,24-29,31,33,35-36,39,41,44,57H,4-6,13-14,22-23,30,32,34,37-38,40,42-43,45-56H2,1-3H3/b10-7-,11-8-,12-9-,18-15-,19-16-,20-17-,24-21-,28-25-,29-26-,31-27-,35-33-,39-36-,44-41-. The molecule has 0 amide bonds. The van der Waals surface area contributed by atoms with E-state index in [-0.39, 0.29) is 44.0 Å². The van der Waals surface area contributed by atoms with Crippen molar-refractivity contribution in [2.45, 2.75) is 187 Å². The van der Waals surface area contributed by atoms with Gasteiger partial charge in [-0.25, -0.2) is 0 Å². The monoisotopic (exact) mass is 907 g/mol. The van der Waals surface area contributed by atoms with Crippen molar-refractivity contribution in [1.29, 1.82) is 0 Å². The van der Waals surface area contributed by atoms with Gasteiger partial charge in [-0.3, -0.25) is 14.4 Å². The number of carbonyl (C=O) groups excluding carboxylic acids is 3. The van der Waals surface area contributed by atoms with E-state index in [9.17, 15) is 14.4 Å². The predicted octanol–water partition coefficient (Wildman–Crippen LogP) is 17.0. The van der Waals surface area contributed by atoms with Gasteiger partial charge in [-0.15, -0.1) is 0 Å². The van der Waals surface area contributed by atoms with Gasteiger partial charge in [0.1, 0.15) is 13.2 Å². The summed E-state index contributed by atoms with van der Waals surface area (Å²) in [7, 11) is 0. The van der Waals surface area contributed by atoms with Crippen LogP contribution in [0.5, 0.6) is 0 Å². The predicted molar refractivity (Wildman–Crippen MR) is 283 cm³/mol. The Hall–Kier alpha value is -4.97. The molecule has 0 fully saturated rings. The lowest BCUT2D eigenvalue weighted by molar-refractivity contribution is -0.167. The summed E-state index contributed by atoms with van der Waals surface area (Å²) in [4.78, 5) is 38.0. The molecule has 0 rings (SSSR count). The molecule has 0 aromatic heterocycles. The van der Waals surface area contributed by atoms with E-state index in [0.29, 0.717) is 19.3 Å². The summed E-state index contributed by atoms with van der Waals surface area (Å²) in [6.45, 7) is 6.14. The molecule has 0 aromatic carbocycles. The van der Waals surface area contributed by atoms with Crippen molar-refractivity contribution in [3.05, 3.63) is 158 Å². The van der Waals surface area contributed by atoms with Gasteiger partial charge in [0.2, 0.25) is 0 Å². The van der Waals surface area contributed by atoms with Crippen LogP contribution in [0, 0.1) is 0 Å². The Labute approximate surface area is 403 Å². The van der Waals surface area contributed by atoms with Gasteiger partial charge in [-0.1, -0.05) is 204 Å². The van der Waals surface area contributed by atoms with Crippen LogP contribution in [-0.4, -0.2) is 37.2 Å². The Balaban J connectivity index is 4.62. The highest BCUT2D eigenvalue weighted by Crippen LogP contribution is 2.11. The number of carbonyl (C=O) groups is 3. The van der Waals surface area contributed by atoms with E-state index >= 15 is 0 Å². The van der Waals surface area contributed by atoms with Crippen LogP contribution in [0.15, 0.2) is 158 Å². The minimum absolute atomic E-state index is 0.129. The van der Waals surface area contributed by atoms with Crippen LogP contribution in [0.3, 0.4) is 0 Å². The maximum atomic E-state index is 12.8. The highest BCUT2D eigenvalue weighted by molar-refractivity contribution is 5.71. The third kappa shape index (κ3) is 50.0. The molecule has 0 heterocycles. The molecular weight excluding hydrogens is 817 g/mol. The summed E-state index contributed by atoms with van der Waals surface area (Å²) < 4.78 is 16.7. The van der Waals surface area contributed by atoms with Gasteiger partial charge in [-0.2, -0.15) is 0 Å². The number of esters is 3. The first kappa shape index (κ1) is 61.0. The van der Waals surface area contributed by atoms with E-state index in [0.717, 1.165) is 128 Å². The molecule has 0 radical (unpaired) electrons. The maximum absolute atomic E-state index is 12.8. The Morgan fingerprint density at radius 3 is 1.11 bits per heavy atom. The number of hydrogen-bond donors (Lipinski definition) is 0. The number of unbranched alkanes of at least 4 members (excludes halogenated alkanes) is 9. The zero-order chi connectivity index (χ0) is 47.9. The first-order valence-corrected chi connectivity index (χ1v) is 25.5. The van der Waals surface area contributed by atoms with Gasteiger partial charge in [0.15, 0.2) is 6.10 Å². The summed E-state index contributed by atoms with van der Waals surface area (Å²) in [6, 6.07) is 0. The molecule has 0 spiro atoms. The van der Waals surface area contributed by atoms with Crippen LogP contribution in [0.2, 0.25) is 0 Å². The Kier molecular flexibility index (Phi) is 48.7. The highest BCUT2D eigenvalue weighted by Gasteiger charge is 2.19. The maximum Gasteiger partial charge on any atom is 0.306 e. The molecule has 0 aliphatic rings. The van der Waals surface area contributed by atoms with Crippen molar-refractivity contribution < 1.29 is 28.6 Å².